The van der Waals surface area contributed by atoms with Crippen LogP contribution in [0.25, 0.3) is 0 Å². The summed E-state index contributed by atoms with van der Waals surface area (Å²) in [6.07, 6.45) is 2.04. The van der Waals surface area contributed by atoms with Crippen molar-refractivity contribution in [3.63, 3.8) is 0 Å². The first kappa shape index (κ1) is 12.0. The van der Waals surface area contributed by atoms with Gasteiger partial charge in [0, 0.05) is 11.8 Å². The highest BCUT2D eigenvalue weighted by Crippen LogP contribution is 2.13. The van der Waals surface area contributed by atoms with Gasteiger partial charge in [0.1, 0.15) is 0 Å². The van der Waals surface area contributed by atoms with E-state index in [0.29, 0.717) is 5.92 Å². The van der Waals surface area contributed by atoms with E-state index in [4.69, 9.17) is 4.74 Å². The van der Waals surface area contributed by atoms with Crippen LogP contribution in [-0.2, 0) is 6.42 Å². The molecule has 15 heavy (non-hydrogen) atoms. The van der Waals surface area contributed by atoms with Crippen LogP contribution >= 0.6 is 0 Å². The van der Waals surface area contributed by atoms with Crippen LogP contribution in [0.5, 0.6) is 5.88 Å². The highest BCUT2D eigenvalue weighted by Gasteiger charge is 2.01. The van der Waals surface area contributed by atoms with Gasteiger partial charge in [-0.05, 0) is 37.3 Å². The lowest BCUT2D eigenvalue weighted by Crippen LogP contribution is -2.03. The molecule has 1 aromatic heterocycles. The lowest BCUT2D eigenvalue weighted by Gasteiger charge is -2.09. The van der Waals surface area contributed by atoms with Crippen LogP contribution in [-0.4, -0.2) is 11.6 Å². The first-order valence-corrected chi connectivity index (χ1v) is 5.72. The fourth-order valence-electron chi connectivity index (χ4n) is 1.36. The standard InChI is InChI=1S/C13H21NO/c1-5-12-8-11(4)9-13(14-12)15-7-6-10(2)3/h8-10H,5-7H2,1-4H3. The predicted molar refractivity (Wildman–Crippen MR) is 63.3 cm³/mol. The number of pyridine rings is 1. The molecule has 2 heteroatoms. The van der Waals surface area contributed by atoms with Crippen molar-refractivity contribution in [1.82, 2.24) is 4.98 Å². The van der Waals surface area contributed by atoms with Crippen LogP contribution in [0.3, 0.4) is 0 Å². The fraction of sp³-hybridized carbons (Fsp3) is 0.615. The molecule has 0 N–H and O–H groups in total. The third-order valence-corrected chi connectivity index (χ3v) is 2.31. The molecule has 0 aliphatic rings. The van der Waals surface area contributed by atoms with Gasteiger partial charge >= 0.3 is 0 Å². The molecule has 0 bridgehead atoms. The van der Waals surface area contributed by atoms with Crippen LogP contribution in [0.4, 0.5) is 0 Å². The minimum Gasteiger partial charge on any atom is -0.478 e. The van der Waals surface area contributed by atoms with E-state index in [1.807, 2.05) is 6.07 Å². The van der Waals surface area contributed by atoms with E-state index in [0.717, 1.165) is 31.0 Å². The normalized spacial score (nSPS) is 10.7. The molecule has 0 aromatic carbocycles. The molecular weight excluding hydrogens is 186 g/mol. The first-order chi connectivity index (χ1) is 7.11. The molecule has 0 fully saturated rings. The molecule has 84 valence electrons. The Labute approximate surface area is 92.7 Å². The SMILES string of the molecule is CCc1cc(C)cc(OCCC(C)C)n1. The summed E-state index contributed by atoms with van der Waals surface area (Å²) in [5, 5.41) is 0. The van der Waals surface area contributed by atoms with Crippen LogP contribution in [0.1, 0.15) is 38.4 Å². The molecule has 0 radical (unpaired) electrons. The van der Waals surface area contributed by atoms with Crippen LogP contribution in [0.2, 0.25) is 0 Å². The van der Waals surface area contributed by atoms with Crippen molar-refractivity contribution in [2.45, 2.75) is 40.5 Å². The molecule has 1 rings (SSSR count). The van der Waals surface area contributed by atoms with Crippen LogP contribution < -0.4 is 4.74 Å². The number of ether oxygens (including phenoxy) is 1. The van der Waals surface area contributed by atoms with Crippen molar-refractivity contribution < 1.29 is 4.74 Å². The largest absolute Gasteiger partial charge is 0.478 e. The van der Waals surface area contributed by atoms with Gasteiger partial charge in [0.25, 0.3) is 0 Å². The molecule has 2 nitrogen and oxygen atoms in total. The number of aryl methyl sites for hydroxylation is 2. The molecule has 0 saturated heterocycles. The topological polar surface area (TPSA) is 22.1 Å². The van der Waals surface area contributed by atoms with Gasteiger partial charge in [-0.15, -0.1) is 0 Å². The fourth-order valence-corrected chi connectivity index (χ4v) is 1.36. The van der Waals surface area contributed by atoms with Crippen molar-refractivity contribution >= 4 is 0 Å². The second kappa shape index (κ2) is 5.74. The van der Waals surface area contributed by atoms with E-state index in [9.17, 15) is 0 Å². The maximum absolute atomic E-state index is 5.63. The Balaban J connectivity index is 2.56. The lowest BCUT2D eigenvalue weighted by molar-refractivity contribution is 0.278. The van der Waals surface area contributed by atoms with Crippen molar-refractivity contribution in [3.8, 4) is 5.88 Å². The summed E-state index contributed by atoms with van der Waals surface area (Å²) in [5.74, 6) is 1.45. The van der Waals surface area contributed by atoms with Crippen LogP contribution in [0.15, 0.2) is 12.1 Å². The zero-order valence-electron chi connectivity index (χ0n) is 10.2. The summed E-state index contributed by atoms with van der Waals surface area (Å²) in [6.45, 7) is 9.35. The average Bonchev–Trinajstić information content (AvgIpc) is 2.16. The first-order valence-electron chi connectivity index (χ1n) is 5.72. The molecule has 0 saturated carbocycles. The van der Waals surface area contributed by atoms with E-state index < -0.39 is 0 Å². The molecule has 0 spiro atoms. The number of hydrogen-bond acceptors (Lipinski definition) is 2. The zero-order chi connectivity index (χ0) is 11.3. The zero-order valence-corrected chi connectivity index (χ0v) is 10.2. The summed E-state index contributed by atoms with van der Waals surface area (Å²) < 4.78 is 5.63. The summed E-state index contributed by atoms with van der Waals surface area (Å²) in [5.41, 5.74) is 2.33. The minimum atomic E-state index is 0.681. The van der Waals surface area contributed by atoms with E-state index in [-0.39, 0.29) is 0 Å². The number of rotatable bonds is 5. The van der Waals surface area contributed by atoms with Crippen molar-refractivity contribution in [3.05, 3.63) is 23.4 Å². The second-order valence-corrected chi connectivity index (χ2v) is 4.36. The van der Waals surface area contributed by atoms with Gasteiger partial charge in [-0.25, -0.2) is 4.98 Å². The van der Waals surface area contributed by atoms with Gasteiger partial charge in [-0.2, -0.15) is 0 Å². The number of nitrogens with zero attached hydrogens (tertiary/aromatic N) is 1. The van der Waals surface area contributed by atoms with E-state index in [1.54, 1.807) is 0 Å². The second-order valence-electron chi connectivity index (χ2n) is 4.36. The summed E-state index contributed by atoms with van der Waals surface area (Å²) in [7, 11) is 0. The highest BCUT2D eigenvalue weighted by atomic mass is 16.5. The molecule has 1 heterocycles. The Hall–Kier alpha value is -1.05. The van der Waals surface area contributed by atoms with E-state index in [2.05, 4.69) is 38.7 Å². The predicted octanol–water partition coefficient (Wildman–Crippen LogP) is 3.38. The Kier molecular flexibility index (Phi) is 4.60. The lowest BCUT2D eigenvalue weighted by atomic mass is 10.1. The number of hydrogen-bond donors (Lipinski definition) is 0. The van der Waals surface area contributed by atoms with Gasteiger partial charge in [0.15, 0.2) is 0 Å². The van der Waals surface area contributed by atoms with Gasteiger partial charge in [-0.3, -0.25) is 0 Å². The monoisotopic (exact) mass is 207 g/mol. The summed E-state index contributed by atoms with van der Waals surface area (Å²) in [4.78, 5) is 4.43. The molecule has 0 atom stereocenters. The quantitative estimate of drug-likeness (QED) is 0.738. The maximum Gasteiger partial charge on any atom is 0.213 e. The Morgan fingerprint density at radius 3 is 2.67 bits per heavy atom. The highest BCUT2D eigenvalue weighted by molar-refractivity contribution is 5.23. The van der Waals surface area contributed by atoms with Crippen molar-refractivity contribution in [2.75, 3.05) is 6.61 Å². The average molecular weight is 207 g/mol. The number of aromatic nitrogens is 1. The summed E-state index contributed by atoms with van der Waals surface area (Å²) >= 11 is 0. The molecular formula is C13H21NO. The third-order valence-electron chi connectivity index (χ3n) is 2.31. The maximum atomic E-state index is 5.63. The van der Waals surface area contributed by atoms with E-state index >= 15 is 0 Å². The smallest absolute Gasteiger partial charge is 0.213 e. The van der Waals surface area contributed by atoms with Gasteiger partial charge < -0.3 is 4.74 Å². The molecule has 0 aliphatic carbocycles. The van der Waals surface area contributed by atoms with Crippen molar-refractivity contribution in [1.29, 1.82) is 0 Å². The molecule has 0 unspecified atom stereocenters. The molecule has 1 aromatic rings. The minimum absolute atomic E-state index is 0.681. The van der Waals surface area contributed by atoms with Gasteiger partial charge in [0.2, 0.25) is 5.88 Å². The van der Waals surface area contributed by atoms with Gasteiger partial charge in [0.05, 0.1) is 6.61 Å². The Morgan fingerprint density at radius 1 is 1.33 bits per heavy atom. The Morgan fingerprint density at radius 2 is 2.07 bits per heavy atom. The van der Waals surface area contributed by atoms with E-state index in [1.165, 1.54) is 5.56 Å². The molecule has 0 aliphatic heterocycles. The van der Waals surface area contributed by atoms with Crippen molar-refractivity contribution in [2.24, 2.45) is 5.92 Å². The molecule has 0 amide bonds. The third kappa shape index (κ3) is 4.32. The summed E-state index contributed by atoms with van der Waals surface area (Å²) in [6, 6.07) is 4.11. The Bertz CT molecular complexity index is 307. The van der Waals surface area contributed by atoms with Gasteiger partial charge in [-0.1, -0.05) is 20.8 Å². The van der Waals surface area contributed by atoms with Crippen LogP contribution in [0, 0.1) is 12.8 Å².